The van der Waals surface area contributed by atoms with Crippen LogP contribution in [0.1, 0.15) is 24.3 Å². The van der Waals surface area contributed by atoms with Gasteiger partial charge in [-0.1, -0.05) is 6.07 Å². The van der Waals surface area contributed by atoms with Crippen molar-refractivity contribution in [3.63, 3.8) is 0 Å². The Hall–Kier alpha value is -1.51. The fourth-order valence-electron chi connectivity index (χ4n) is 2.36. The summed E-state index contributed by atoms with van der Waals surface area (Å²) in [5.74, 6) is 0.953. The molecule has 3 heteroatoms. The number of benzene rings is 1. The zero-order chi connectivity index (χ0) is 9.71. The molecule has 0 atom stereocenters. The maximum absolute atomic E-state index is 11.6. The van der Waals surface area contributed by atoms with Crippen LogP contribution in [0, 0.1) is 5.92 Å². The van der Waals surface area contributed by atoms with Crippen LogP contribution in [-0.4, -0.2) is 5.91 Å². The maximum atomic E-state index is 11.6. The average Bonchev–Trinajstić information content (AvgIpc) is 2.25. The number of carbonyl (C=O) groups is 1. The number of nitrogens with two attached hydrogens (primary N) is 1. The highest BCUT2D eigenvalue weighted by molar-refractivity contribution is 5.96. The van der Waals surface area contributed by atoms with Gasteiger partial charge in [-0.2, -0.15) is 0 Å². The van der Waals surface area contributed by atoms with E-state index >= 15 is 0 Å². The molecule has 1 fully saturated rings. The Morgan fingerprint density at radius 3 is 2.86 bits per heavy atom. The summed E-state index contributed by atoms with van der Waals surface area (Å²) in [7, 11) is 0. The van der Waals surface area contributed by atoms with Gasteiger partial charge in [-0.3, -0.25) is 4.79 Å². The quantitative estimate of drug-likeness (QED) is 0.609. The van der Waals surface area contributed by atoms with Gasteiger partial charge in [0.05, 0.1) is 0 Å². The number of hydrogen-bond acceptors (Lipinski definition) is 2. The molecule has 2 bridgehead atoms. The molecule has 3 N–H and O–H groups in total. The van der Waals surface area contributed by atoms with E-state index in [1.165, 1.54) is 5.56 Å². The predicted octanol–water partition coefficient (Wildman–Crippen LogP) is 1.71. The molecule has 1 aliphatic carbocycles. The molecule has 2 aliphatic heterocycles. The largest absolute Gasteiger partial charge is 0.399 e. The van der Waals surface area contributed by atoms with E-state index in [0.717, 1.165) is 18.5 Å². The number of anilines is 2. The smallest absolute Gasteiger partial charge is 0.227 e. The number of carbonyl (C=O) groups excluding carboxylic acids is 1. The van der Waals surface area contributed by atoms with E-state index in [2.05, 4.69) is 5.32 Å². The van der Waals surface area contributed by atoms with Gasteiger partial charge >= 0.3 is 0 Å². The summed E-state index contributed by atoms with van der Waals surface area (Å²) < 4.78 is 0. The molecule has 0 spiro atoms. The topological polar surface area (TPSA) is 55.1 Å². The third-order valence-electron chi connectivity index (χ3n) is 3.28. The van der Waals surface area contributed by atoms with E-state index in [-0.39, 0.29) is 11.8 Å². The minimum atomic E-state index is 0.158. The molecule has 0 radical (unpaired) electrons. The predicted molar refractivity (Wildman–Crippen MR) is 54.9 cm³/mol. The Balaban J connectivity index is 2.12. The van der Waals surface area contributed by atoms with E-state index in [1.807, 2.05) is 18.2 Å². The molecule has 0 saturated heterocycles. The lowest BCUT2D eigenvalue weighted by Crippen LogP contribution is -2.29. The molecular weight excluding hydrogens is 176 g/mol. The van der Waals surface area contributed by atoms with Crippen molar-refractivity contribution in [2.24, 2.45) is 5.92 Å². The lowest BCUT2D eigenvalue weighted by molar-refractivity contribution is -0.122. The Bertz CT molecular complexity index is 408. The summed E-state index contributed by atoms with van der Waals surface area (Å²) >= 11 is 0. The van der Waals surface area contributed by atoms with E-state index in [4.69, 9.17) is 5.73 Å². The van der Waals surface area contributed by atoms with Gasteiger partial charge in [0.15, 0.2) is 0 Å². The highest BCUT2D eigenvalue weighted by Gasteiger charge is 2.39. The number of fused-ring (bicyclic) bond motifs is 1. The zero-order valence-electron chi connectivity index (χ0n) is 7.79. The van der Waals surface area contributed by atoms with E-state index in [0.29, 0.717) is 11.6 Å². The fourth-order valence-corrected chi connectivity index (χ4v) is 2.36. The van der Waals surface area contributed by atoms with Crippen LogP contribution < -0.4 is 11.1 Å². The van der Waals surface area contributed by atoms with Gasteiger partial charge in [-0.25, -0.2) is 0 Å². The Morgan fingerprint density at radius 1 is 1.29 bits per heavy atom. The minimum Gasteiger partial charge on any atom is -0.399 e. The van der Waals surface area contributed by atoms with Gasteiger partial charge in [0.1, 0.15) is 0 Å². The van der Waals surface area contributed by atoms with Crippen LogP contribution in [0.4, 0.5) is 11.4 Å². The normalized spacial score (nSPS) is 28.4. The van der Waals surface area contributed by atoms with Crippen molar-refractivity contribution in [1.29, 1.82) is 0 Å². The van der Waals surface area contributed by atoms with Crippen molar-refractivity contribution >= 4 is 17.3 Å². The first kappa shape index (κ1) is 7.85. The highest BCUT2D eigenvalue weighted by atomic mass is 16.1. The molecule has 0 unspecified atom stereocenters. The van der Waals surface area contributed by atoms with Crippen LogP contribution in [0.5, 0.6) is 0 Å². The van der Waals surface area contributed by atoms with Gasteiger partial charge < -0.3 is 11.1 Å². The second-order valence-electron chi connectivity index (χ2n) is 4.20. The molecule has 1 saturated carbocycles. The number of rotatable bonds is 0. The monoisotopic (exact) mass is 188 g/mol. The molecule has 1 aromatic carbocycles. The second kappa shape index (κ2) is 2.50. The SMILES string of the molecule is Nc1ccc2c(c1)NC(=O)C1CC2C1. The molecule has 2 heterocycles. The van der Waals surface area contributed by atoms with Crippen LogP contribution in [0.25, 0.3) is 0 Å². The summed E-state index contributed by atoms with van der Waals surface area (Å²) in [6, 6.07) is 5.80. The maximum Gasteiger partial charge on any atom is 0.227 e. The van der Waals surface area contributed by atoms with Crippen molar-refractivity contribution in [3.8, 4) is 0 Å². The molecule has 1 amide bonds. The number of nitrogen functional groups attached to an aromatic ring is 1. The van der Waals surface area contributed by atoms with Gasteiger partial charge in [-0.15, -0.1) is 0 Å². The van der Waals surface area contributed by atoms with Crippen LogP contribution in [-0.2, 0) is 4.79 Å². The number of amides is 1. The van der Waals surface area contributed by atoms with Gasteiger partial charge in [0.2, 0.25) is 5.91 Å². The van der Waals surface area contributed by atoms with Crippen LogP contribution >= 0.6 is 0 Å². The first-order chi connectivity index (χ1) is 6.74. The van der Waals surface area contributed by atoms with Gasteiger partial charge in [-0.05, 0) is 36.5 Å². The van der Waals surface area contributed by atoms with Gasteiger partial charge in [0, 0.05) is 17.3 Å². The molecule has 1 aromatic rings. The molecule has 72 valence electrons. The first-order valence-electron chi connectivity index (χ1n) is 4.94. The van der Waals surface area contributed by atoms with Crippen molar-refractivity contribution < 1.29 is 4.79 Å². The highest BCUT2D eigenvalue weighted by Crippen LogP contribution is 2.47. The molecule has 3 nitrogen and oxygen atoms in total. The lowest BCUT2D eigenvalue weighted by Gasteiger charge is -2.30. The van der Waals surface area contributed by atoms with Crippen LogP contribution in [0.2, 0.25) is 0 Å². The van der Waals surface area contributed by atoms with E-state index < -0.39 is 0 Å². The standard InChI is InChI=1S/C11H12N2O/c12-8-1-2-9-6-3-7(4-6)11(14)13-10(9)5-8/h1-2,5-7H,3-4,12H2,(H,13,14). The van der Waals surface area contributed by atoms with Crippen molar-refractivity contribution in [1.82, 2.24) is 0 Å². The Labute approximate surface area is 82.3 Å². The Morgan fingerprint density at radius 2 is 2.07 bits per heavy atom. The summed E-state index contributed by atoms with van der Waals surface area (Å²) in [4.78, 5) is 11.6. The van der Waals surface area contributed by atoms with Crippen molar-refractivity contribution in [3.05, 3.63) is 23.8 Å². The third-order valence-corrected chi connectivity index (χ3v) is 3.28. The third kappa shape index (κ3) is 0.953. The molecule has 3 aliphatic rings. The van der Waals surface area contributed by atoms with Crippen molar-refractivity contribution in [2.75, 3.05) is 11.1 Å². The molecular formula is C11H12N2O. The summed E-state index contributed by atoms with van der Waals surface area (Å²) in [5, 5.41) is 2.94. The van der Waals surface area contributed by atoms with E-state index in [9.17, 15) is 4.79 Å². The summed E-state index contributed by atoms with van der Waals surface area (Å²) in [6.45, 7) is 0. The zero-order valence-corrected chi connectivity index (χ0v) is 7.79. The van der Waals surface area contributed by atoms with Gasteiger partial charge in [0.25, 0.3) is 0 Å². The summed E-state index contributed by atoms with van der Waals surface area (Å²) in [6.07, 6.45) is 2.01. The second-order valence-corrected chi connectivity index (χ2v) is 4.20. The molecule has 4 rings (SSSR count). The lowest BCUT2D eigenvalue weighted by atomic mass is 9.72. The Kier molecular flexibility index (Phi) is 1.40. The van der Waals surface area contributed by atoms with Crippen LogP contribution in [0.3, 0.4) is 0 Å². The number of hydrogen-bond donors (Lipinski definition) is 2. The van der Waals surface area contributed by atoms with E-state index in [1.54, 1.807) is 0 Å². The molecule has 0 aromatic heterocycles. The minimum absolute atomic E-state index is 0.158. The number of nitrogens with one attached hydrogen (secondary N) is 1. The summed E-state index contributed by atoms with van der Waals surface area (Å²) in [5.41, 5.74) is 8.57. The van der Waals surface area contributed by atoms with Crippen LogP contribution in [0.15, 0.2) is 18.2 Å². The average molecular weight is 188 g/mol. The molecule has 14 heavy (non-hydrogen) atoms. The van der Waals surface area contributed by atoms with Crippen molar-refractivity contribution in [2.45, 2.75) is 18.8 Å². The first-order valence-corrected chi connectivity index (χ1v) is 4.94. The fraction of sp³-hybridized carbons (Fsp3) is 0.364.